The van der Waals surface area contributed by atoms with E-state index in [4.69, 9.17) is 5.73 Å². The summed E-state index contributed by atoms with van der Waals surface area (Å²) in [5.41, 5.74) is 6.94. The van der Waals surface area contributed by atoms with E-state index in [1.807, 2.05) is 24.3 Å². The second-order valence-electron chi connectivity index (χ2n) is 7.15. The van der Waals surface area contributed by atoms with Crippen molar-refractivity contribution in [1.82, 2.24) is 5.32 Å². The van der Waals surface area contributed by atoms with Crippen molar-refractivity contribution in [2.45, 2.75) is 41.4 Å². The van der Waals surface area contributed by atoms with Crippen molar-refractivity contribution in [3.63, 3.8) is 0 Å². The third-order valence-electron chi connectivity index (χ3n) is 5.14. The van der Waals surface area contributed by atoms with Gasteiger partial charge in [0, 0.05) is 22.1 Å². The van der Waals surface area contributed by atoms with Crippen LogP contribution in [0.15, 0.2) is 46.2 Å². The van der Waals surface area contributed by atoms with Gasteiger partial charge >= 0.3 is 6.18 Å². The SMILES string of the molecule is NC1CC(C(=O)Cc2cc(C(F)(F)F)cc3c2Nc2ccccc2S3)CCN1. The van der Waals surface area contributed by atoms with Gasteiger partial charge in [0.1, 0.15) is 5.78 Å². The van der Waals surface area contributed by atoms with Crippen LogP contribution in [0.4, 0.5) is 24.5 Å². The highest BCUT2D eigenvalue weighted by molar-refractivity contribution is 7.99. The van der Waals surface area contributed by atoms with Gasteiger partial charge in [0.05, 0.1) is 23.1 Å². The minimum atomic E-state index is -4.47. The standard InChI is InChI=1S/C20H20F3N3OS/c21-20(22,23)13-7-12(8-15(27)11-5-6-25-18(24)9-11)19-17(10-13)28-16-4-2-1-3-14(16)26-19/h1-4,7,10-11,18,25-26H,5-6,8-9,24H2. The summed E-state index contributed by atoms with van der Waals surface area (Å²) in [7, 11) is 0. The molecule has 4 N–H and O–H groups in total. The summed E-state index contributed by atoms with van der Waals surface area (Å²) < 4.78 is 40.3. The smallest absolute Gasteiger partial charge is 0.353 e. The van der Waals surface area contributed by atoms with Crippen molar-refractivity contribution in [1.29, 1.82) is 0 Å². The number of para-hydroxylation sites is 1. The average molecular weight is 407 g/mol. The van der Waals surface area contributed by atoms with Crippen molar-refractivity contribution in [2.24, 2.45) is 11.7 Å². The zero-order chi connectivity index (χ0) is 19.9. The summed E-state index contributed by atoms with van der Waals surface area (Å²) >= 11 is 1.29. The first-order valence-corrected chi connectivity index (χ1v) is 9.92. The van der Waals surface area contributed by atoms with Crippen LogP contribution in [-0.2, 0) is 17.4 Å². The number of nitrogens with two attached hydrogens (primary N) is 1. The Kier molecular flexibility index (Phi) is 5.11. The van der Waals surface area contributed by atoms with Crippen molar-refractivity contribution in [3.05, 3.63) is 47.5 Å². The van der Waals surface area contributed by atoms with Crippen LogP contribution in [0.2, 0.25) is 0 Å². The number of hydrogen-bond acceptors (Lipinski definition) is 5. The average Bonchev–Trinajstić information content (AvgIpc) is 2.65. The molecule has 2 aromatic rings. The fourth-order valence-corrected chi connectivity index (χ4v) is 4.77. The first-order valence-electron chi connectivity index (χ1n) is 9.11. The van der Waals surface area contributed by atoms with Crippen LogP contribution in [0.5, 0.6) is 0 Å². The zero-order valence-corrected chi connectivity index (χ0v) is 15.8. The Bertz CT molecular complexity index is 916. The molecule has 1 saturated heterocycles. The predicted molar refractivity (Wildman–Crippen MR) is 103 cm³/mol. The number of rotatable bonds is 3. The van der Waals surface area contributed by atoms with Gasteiger partial charge in [0.15, 0.2) is 0 Å². The molecule has 2 aromatic carbocycles. The Balaban J connectivity index is 1.69. The van der Waals surface area contributed by atoms with E-state index in [2.05, 4.69) is 10.6 Å². The minimum absolute atomic E-state index is 0.0423. The molecular weight excluding hydrogens is 387 g/mol. The normalized spacial score (nSPS) is 21.4. The maximum absolute atomic E-state index is 13.4. The van der Waals surface area contributed by atoms with Crippen molar-refractivity contribution in [3.8, 4) is 0 Å². The molecule has 2 aliphatic heterocycles. The van der Waals surface area contributed by atoms with Gasteiger partial charge in [0.2, 0.25) is 0 Å². The van der Waals surface area contributed by atoms with Crippen LogP contribution in [0, 0.1) is 5.92 Å². The molecule has 2 unspecified atom stereocenters. The number of piperidine rings is 1. The summed E-state index contributed by atoms with van der Waals surface area (Å²) in [6, 6.07) is 9.69. The van der Waals surface area contributed by atoms with E-state index in [0.29, 0.717) is 35.5 Å². The van der Waals surface area contributed by atoms with Crippen LogP contribution in [0.3, 0.4) is 0 Å². The number of anilines is 2. The quantitative estimate of drug-likeness (QED) is 0.604. The molecule has 2 atom stereocenters. The highest BCUT2D eigenvalue weighted by atomic mass is 32.2. The maximum atomic E-state index is 13.4. The Labute approximate surface area is 165 Å². The number of alkyl halides is 3. The number of hydrogen-bond donors (Lipinski definition) is 3. The second kappa shape index (κ2) is 7.42. The number of Topliss-reactive ketones (excluding diaryl/α,β-unsaturated/α-hetero) is 1. The zero-order valence-electron chi connectivity index (χ0n) is 15.0. The van der Waals surface area contributed by atoms with E-state index in [1.54, 1.807) is 0 Å². The summed E-state index contributed by atoms with van der Waals surface area (Å²) in [6.45, 7) is 0.639. The molecular formula is C20H20F3N3OS. The molecule has 28 heavy (non-hydrogen) atoms. The number of carbonyl (C=O) groups excluding carboxylic acids is 1. The Hall–Kier alpha value is -2.03. The molecule has 1 fully saturated rings. The molecule has 0 radical (unpaired) electrons. The van der Waals surface area contributed by atoms with E-state index in [0.717, 1.165) is 22.7 Å². The van der Waals surface area contributed by atoms with Gasteiger partial charge in [-0.3, -0.25) is 4.79 Å². The maximum Gasteiger partial charge on any atom is 0.416 e. The van der Waals surface area contributed by atoms with Crippen LogP contribution in [-0.4, -0.2) is 18.5 Å². The molecule has 0 aromatic heterocycles. The highest BCUT2D eigenvalue weighted by Gasteiger charge is 2.34. The molecule has 0 bridgehead atoms. The van der Waals surface area contributed by atoms with Gasteiger partial charge in [-0.25, -0.2) is 0 Å². The number of benzene rings is 2. The lowest BCUT2D eigenvalue weighted by Crippen LogP contribution is -2.46. The van der Waals surface area contributed by atoms with Gasteiger partial charge in [-0.15, -0.1) is 0 Å². The summed E-state index contributed by atoms with van der Waals surface area (Å²) in [6.07, 6.45) is -3.61. The van der Waals surface area contributed by atoms with E-state index in [9.17, 15) is 18.0 Å². The molecule has 2 aliphatic rings. The van der Waals surface area contributed by atoms with Crippen LogP contribution < -0.4 is 16.4 Å². The third-order valence-corrected chi connectivity index (χ3v) is 6.25. The Morgan fingerprint density at radius 3 is 2.75 bits per heavy atom. The topological polar surface area (TPSA) is 67.2 Å². The first kappa shape index (κ1) is 19.3. The molecule has 4 nitrogen and oxygen atoms in total. The molecule has 148 valence electrons. The summed E-state index contributed by atoms with van der Waals surface area (Å²) in [4.78, 5) is 14.1. The van der Waals surface area contributed by atoms with Crippen molar-refractivity contribution >= 4 is 28.9 Å². The van der Waals surface area contributed by atoms with Crippen LogP contribution in [0.1, 0.15) is 24.0 Å². The number of nitrogens with one attached hydrogen (secondary N) is 2. The first-order chi connectivity index (χ1) is 13.3. The minimum Gasteiger partial charge on any atom is -0.353 e. The fourth-order valence-electron chi connectivity index (χ4n) is 3.69. The monoisotopic (exact) mass is 407 g/mol. The van der Waals surface area contributed by atoms with Gasteiger partial charge < -0.3 is 16.4 Å². The lowest BCUT2D eigenvalue weighted by atomic mass is 9.88. The molecule has 8 heteroatoms. The molecule has 2 heterocycles. The van der Waals surface area contributed by atoms with Crippen molar-refractivity contribution in [2.75, 3.05) is 11.9 Å². The highest BCUT2D eigenvalue weighted by Crippen LogP contribution is 2.48. The number of carbonyl (C=O) groups is 1. The molecule has 0 amide bonds. The molecule has 4 rings (SSSR count). The van der Waals surface area contributed by atoms with Gasteiger partial charge in [-0.2, -0.15) is 13.2 Å². The van der Waals surface area contributed by atoms with E-state index < -0.39 is 11.7 Å². The van der Waals surface area contributed by atoms with E-state index in [1.165, 1.54) is 11.8 Å². The Morgan fingerprint density at radius 2 is 2.00 bits per heavy atom. The third kappa shape index (κ3) is 3.90. The van der Waals surface area contributed by atoms with Gasteiger partial charge in [-0.1, -0.05) is 23.9 Å². The lowest BCUT2D eigenvalue weighted by Gasteiger charge is -2.28. The van der Waals surface area contributed by atoms with Gasteiger partial charge in [0.25, 0.3) is 0 Å². The number of fused-ring (bicyclic) bond motifs is 2. The van der Waals surface area contributed by atoms with Crippen LogP contribution >= 0.6 is 11.8 Å². The number of halogens is 3. The summed E-state index contributed by atoms with van der Waals surface area (Å²) in [5, 5.41) is 6.31. The Morgan fingerprint density at radius 1 is 1.21 bits per heavy atom. The molecule has 0 saturated carbocycles. The van der Waals surface area contributed by atoms with Crippen LogP contribution in [0.25, 0.3) is 0 Å². The second-order valence-corrected chi connectivity index (χ2v) is 8.24. The van der Waals surface area contributed by atoms with E-state index in [-0.39, 0.29) is 24.3 Å². The van der Waals surface area contributed by atoms with Crippen molar-refractivity contribution < 1.29 is 18.0 Å². The fraction of sp³-hybridized carbons (Fsp3) is 0.350. The largest absolute Gasteiger partial charge is 0.416 e. The predicted octanol–water partition coefficient (Wildman–Crippen LogP) is 4.31. The lowest BCUT2D eigenvalue weighted by molar-refractivity contribution is -0.137. The number of ketones is 1. The van der Waals surface area contributed by atoms with E-state index >= 15 is 0 Å². The van der Waals surface area contributed by atoms with Gasteiger partial charge in [-0.05, 0) is 49.2 Å². The summed E-state index contributed by atoms with van der Waals surface area (Å²) in [5.74, 6) is -0.297. The molecule has 0 spiro atoms. The molecule has 0 aliphatic carbocycles.